The summed E-state index contributed by atoms with van der Waals surface area (Å²) in [6.07, 6.45) is -0.211. The van der Waals surface area contributed by atoms with Crippen molar-refractivity contribution in [2.45, 2.75) is 6.10 Å². The van der Waals surface area contributed by atoms with Crippen molar-refractivity contribution in [2.24, 2.45) is 0 Å². The van der Waals surface area contributed by atoms with E-state index in [0.29, 0.717) is 16.7 Å². The number of hydrogen-bond donors (Lipinski definition) is 0. The smallest absolute Gasteiger partial charge is 0.109 e. The highest BCUT2D eigenvalue weighted by atomic mass is 35.5. The maximum Gasteiger partial charge on any atom is 0.109 e. The van der Waals surface area contributed by atoms with Gasteiger partial charge < -0.3 is 9.64 Å². The summed E-state index contributed by atoms with van der Waals surface area (Å²) in [6.45, 7) is 1.47. The van der Waals surface area contributed by atoms with Crippen molar-refractivity contribution in [3.63, 3.8) is 0 Å². The monoisotopic (exact) mass is 323 g/mol. The van der Waals surface area contributed by atoms with Crippen LogP contribution in [-0.2, 0) is 4.74 Å². The lowest BCUT2D eigenvalue weighted by Crippen LogP contribution is -2.20. The summed E-state index contributed by atoms with van der Waals surface area (Å²) in [4.78, 5) is 2.08. The van der Waals surface area contributed by atoms with E-state index >= 15 is 0 Å². The van der Waals surface area contributed by atoms with Gasteiger partial charge in [-0.3, -0.25) is 0 Å². The highest BCUT2D eigenvalue weighted by Gasteiger charge is 2.17. The highest BCUT2D eigenvalue weighted by molar-refractivity contribution is 6.31. The molecule has 2 nitrogen and oxygen atoms in total. The molecule has 4 heteroatoms. The Morgan fingerprint density at radius 3 is 2.48 bits per heavy atom. The first-order valence-electron chi connectivity index (χ1n) is 6.84. The van der Waals surface area contributed by atoms with Gasteiger partial charge in [0, 0.05) is 22.2 Å². The number of benzene rings is 2. The predicted molar refractivity (Wildman–Crippen MR) is 89.3 cm³/mol. The highest BCUT2D eigenvalue weighted by Crippen LogP contribution is 2.32. The van der Waals surface area contributed by atoms with Crippen LogP contribution in [-0.4, -0.2) is 32.1 Å². The summed E-state index contributed by atoms with van der Waals surface area (Å²) in [5.41, 5.74) is 1.97. The topological polar surface area (TPSA) is 12.5 Å². The molecule has 0 fully saturated rings. The maximum absolute atomic E-state index is 6.33. The Morgan fingerprint density at radius 2 is 1.81 bits per heavy atom. The van der Waals surface area contributed by atoms with Crippen molar-refractivity contribution in [3.8, 4) is 0 Å². The molecular weight excluding hydrogens is 305 g/mol. The van der Waals surface area contributed by atoms with Gasteiger partial charge in [-0.1, -0.05) is 53.5 Å². The minimum Gasteiger partial charge on any atom is -0.367 e. The second kappa shape index (κ2) is 7.81. The van der Waals surface area contributed by atoms with Gasteiger partial charge in [0.05, 0.1) is 6.61 Å². The first kappa shape index (κ1) is 16.3. The van der Waals surface area contributed by atoms with Crippen LogP contribution in [0.1, 0.15) is 17.2 Å². The Bertz CT molecular complexity index is 587. The summed E-state index contributed by atoms with van der Waals surface area (Å²) >= 11 is 12.4. The largest absolute Gasteiger partial charge is 0.367 e. The summed E-state index contributed by atoms with van der Waals surface area (Å²) < 4.78 is 6.08. The first-order valence-corrected chi connectivity index (χ1v) is 7.59. The molecule has 0 saturated heterocycles. The van der Waals surface area contributed by atoms with Gasteiger partial charge in [0.25, 0.3) is 0 Å². The van der Waals surface area contributed by atoms with Crippen LogP contribution in [0.15, 0.2) is 48.5 Å². The molecule has 0 bridgehead atoms. The predicted octanol–water partition coefficient (Wildman–Crippen LogP) is 4.66. The number of likely N-dealkylation sites (N-methyl/N-ethyl adjacent to an activating group) is 1. The molecule has 0 aliphatic carbocycles. The number of ether oxygens (including phenoxy) is 1. The molecule has 2 rings (SSSR count). The van der Waals surface area contributed by atoms with Crippen LogP contribution in [0.4, 0.5) is 0 Å². The second-order valence-electron chi connectivity index (χ2n) is 5.13. The fraction of sp³-hybridized carbons (Fsp3) is 0.294. The van der Waals surface area contributed by atoms with E-state index in [4.69, 9.17) is 27.9 Å². The maximum atomic E-state index is 6.33. The summed E-state index contributed by atoms with van der Waals surface area (Å²) in [5.74, 6) is 0. The first-order chi connectivity index (χ1) is 10.1. The zero-order valence-electron chi connectivity index (χ0n) is 12.2. The lowest BCUT2D eigenvalue weighted by atomic mass is 10.0. The molecule has 0 amide bonds. The average molecular weight is 324 g/mol. The molecule has 2 aromatic rings. The van der Waals surface area contributed by atoms with Crippen molar-refractivity contribution in [3.05, 3.63) is 69.7 Å². The van der Waals surface area contributed by atoms with E-state index in [9.17, 15) is 0 Å². The van der Waals surface area contributed by atoms with E-state index in [0.717, 1.165) is 17.7 Å². The summed E-state index contributed by atoms with van der Waals surface area (Å²) in [6, 6.07) is 15.5. The molecule has 0 spiro atoms. The van der Waals surface area contributed by atoms with E-state index in [1.807, 2.05) is 62.6 Å². The molecule has 21 heavy (non-hydrogen) atoms. The van der Waals surface area contributed by atoms with E-state index < -0.39 is 0 Å². The van der Waals surface area contributed by atoms with E-state index in [1.165, 1.54) is 0 Å². The Hall–Kier alpha value is -1.06. The molecule has 0 aliphatic rings. The average Bonchev–Trinajstić information content (AvgIpc) is 2.44. The van der Waals surface area contributed by atoms with Gasteiger partial charge >= 0.3 is 0 Å². The molecule has 0 saturated carbocycles. The molecule has 0 radical (unpaired) electrons. The minimum atomic E-state index is -0.211. The van der Waals surface area contributed by atoms with Gasteiger partial charge in [0.15, 0.2) is 0 Å². The minimum absolute atomic E-state index is 0.211. The molecular formula is C17H19Cl2NO. The van der Waals surface area contributed by atoms with Crippen LogP contribution in [0, 0.1) is 0 Å². The Kier molecular flexibility index (Phi) is 6.07. The van der Waals surface area contributed by atoms with Crippen LogP contribution < -0.4 is 0 Å². The van der Waals surface area contributed by atoms with Crippen LogP contribution in [0.25, 0.3) is 0 Å². The lowest BCUT2D eigenvalue weighted by Gasteiger charge is -2.21. The van der Waals surface area contributed by atoms with Crippen molar-refractivity contribution in [1.29, 1.82) is 0 Å². The fourth-order valence-corrected chi connectivity index (χ4v) is 2.51. The Morgan fingerprint density at radius 1 is 1.05 bits per heavy atom. The quantitative estimate of drug-likeness (QED) is 0.766. The van der Waals surface area contributed by atoms with Crippen molar-refractivity contribution in [1.82, 2.24) is 4.90 Å². The van der Waals surface area contributed by atoms with E-state index in [-0.39, 0.29) is 6.10 Å². The number of rotatable bonds is 6. The molecule has 0 N–H and O–H groups in total. The van der Waals surface area contributed by atoms with Crippen molar-refractivity contribution >= 4 is 23.2 Å². The second-order valence-corrected chi connectivity index (χ2v) is 5.97. The van der Waals surface area contributed by atoms with Gasteiger partial charge in [-0.05, 0) is 37.9 Å². The number of nitrogens with zero attached hydrogens (tertiary/aromatic N) is 1. The van der Waals surface area contributed by atoms with Gasteiger partial charge in [-0.25, -0.2) is 0 Å². The standard InChI is InChI=1S/C17H19Cl2NO/c1-20(2)10-11-21-17(13-6-5-7-14(18)12-13)15-8-3-4-9-16(15)19/h3-9,12,17H,10-11H2,1-2H3/t17-/m1/s1. The molecule has 1 atom stereocenters. The summed E-state index contributed by atoms with van der Waals surface area (Å²) in [7, 11) is 4.04. The van der Waals surface area contributed by atoms with Crippen molar-refractivity contribution < 1.29 is 4.74 Å². The molecule has 0 aliphatic heterocycles. The SMILES string of the molecule is CN(C)CCO[C@H](c1cccc(Cl)c1)c1ccccc1Cl. The number of halogens is 2. The van der Waals surface area contributed by atoms with Gasteiger partial charge in [-0.15, -0.1) is 0 Å². The third-order valence-electron chi connectivity index (χ3n) is 3.16. The van der Waals surface area contributed by atoms with Gasteiger partial charge in [0.2, 0.25) is 0 Å². The molecule has 0 unspecified atom stereocenters. The molecule has 112 valence electrons. The molecule has 0 aromatic heterocycles. The van der Waals surface area contributed by atoms with Crippen LogP contribution >= 0.6 is 23.2 Å². The fourth-order valence-electron chi connectivity index (χ4n) is 2.08. The van der Waals surface area contributed by atoms with Crippen LogP contribution in [0.3, 0.4) is 0 Å². The van der Waals surface area contributed by atoms with Crippen molar-refractivity contribution in [2.75, 3.05) is 27.2 Å². The zero-order chi connectivity index (χ0) is 15.2. The van der Waals surface area contributed by atoms with Gasteiger partial charge in [-0.2, -0.15) is 0 Å². The lowest BCUT2D eigenvalue weighted by molar-refractivity contribution is 0.0688. The van der Waals surface area contributed by atoms with Crippen LogP contribution in [0.5, 0.6) is 0 Å². The number of hydrogen-bond acceptors (Lipinski definition) is 2. The van der Waals surface area contributed by atoms with Crippen LogP contribution in [0.2, 0.25) is 10.0 Å². The van der Waals surface area contributed by atoms with E-state index in [2.05, 4.69) is 4.90 Å². The third kappa shape index (κ3) is 4.72. The normalized spacial score (nSPS) is 12.6. The zero-order valence-corrected chi connectivity index (χ0v) is 13.7. The molecule has 2 aromatic carbocycles. The van der Waals surface area contributed by atoms with E-state index in [1.54, 1.807) is 0 Å². The molecule has 0 heterocycles. The third-order valence-corrected chi connectivity index (χ3v) is 3.74. The summed E-state index contributed by atoms with van der Waals surface area (Å²) in [5, 5.41) is 1.40. The van der Waals surface area contributed by atoms with Gasteiger partial charge in [0.1, 0.15) is 6.10 Å². The Labute approximate surface area is 136 Å². The Balaban J connectivity index is 2.28.